The van der Waals surface area contributed by atoms with Crippen LogP contribution in [0.4, 0.5) is 4.39 Å². The maximum atomic E-state index is 13.3. The van der Waals surface area contributed by atoms with Crippen LogP contribution in [0.2, 0.25) is 5.02 Å². The molecule has 2 heterocycles. The lowest BCUT2D eigenvalue weighted by atomic mass is 9.96. The van der Waals surface area contributed by atoms with E-state index in [9.17, 15) is 4.39 Å². The van der Waals surface area contributed by atoms with Crippen molar-refractivity contribution in [1.82, 2.24) is 5.01 Å². The number of rotatable bonds is 2. The van der Waals surface area contributed by atoms with Crippen LogP contribution in [0.3, 0.4) is 0 Å². The molecule has 3 aromatic carbocycles. The molecule has 5 rings (SSSR count). The first-order valence-electron chi connectivity index (χ1n) is 8.92. The molecule has 28 heavy (non-hydrogen) atoms. The smallest absolute Gasteiger partial charge is 0.213 e. The van der Waals surface area contributed by atoms with Gasteiger partial charge in [-0.15, -0.1) is 0 Å². The van der Waals surface area contributed by atoms with E-state index >= 15 is 0 Å². The van der Waals surface area contributed by atoms with E-state index in [2.05, 4.69) is 22.0 Å². The second-order valence-electron chi connectivity index (χ2n) is 6.86. The summed E-state index contributed by atoms with van der Waals surface area (Å²) in [4.78, 5) is 0. The minimum absolute atomic E-state index is 0.0435. The molecule has 3 nitrogen and oxygen atoms in total. The van der Waals surface area contributed by atoms with Crippen molar-refractivity contribution in [3.05, 3.63) is 98.7 Å². The summed E-state index contributed by atoms with van der Waals surface area (Å²) < 4.78 is 20.7. The zero-order chi connectivity index (χ0) is 19.3. The van der Waals surface area contributed by atoms with Crippen LogP contribution in [-0.2, 0) is 0 Å². The summed E-state index contributed by atoms with van der Waals surface area (Å²) >= 11 is 9.61. The van der Waals surface area contributed by atoms with Gasteiger partial charge in [0.1, 0.15) is 11.6 Å². The van der Waals surface area contributed by atoms with Crippen LogP contribution in [0.5, 0.6) is 5.75 Å². The van der Waals surface area contributed by atoms with Crippen molar-refractivity contribution in [3.8, 4) is 5.75 Å². The quantitative estimate of drug-likeness (QED) is 0.440. The number of hydrazone groups is 1. The van der Waals surface area contributed by atoms with Gasteiger partial charge in [-0.1, -0.05) is 51.8 Å². The van der Waals surface area contributed by atoms with Gasteiger partial charge in [0.15, 0.2) is 0 Å². The van der Waals surface area contributed by atoms with Gasteiger partial charge in [0.05, 0.1) is 11.8 Å². The number of benzene rings is 3. The van der Waals surface area contributed by atoms with Crippen LogP contribution >= 0.6 is 27.5 Å². The van der Waals surface area contributed by atoms with Crippen molar-refractivity contribution in [2.24, 2.45) is 5.10 Å². The molecular formula is C22H15BrClFN2O. The maximum absolute atomic E-state index is 13.3. The third-order valence-corrected chi connectivity index (χ3v) is 5.83. The zero-order valence-corrected chi connectivity index (χ0v) is 17.0. The van der Waals surface area contributed by atoms with Crippen molar-refractivity contribution in [3.63, 3.8) is 0 Å². The highest BCUT2D eigenvalue weighted by Gasteiger charge is 2.41. The molecule has 2 atom stereocenters. The molecular weight excluding hydrogens is 443 g/mol. The molecule has 0 saturated heterocycles. The summed E-state index contributed by atoms with van der Waals surface area (Å²) in [6, 6.07) is 20.2. The second-order valence-corrected chi connectivity index (χ2v) is 8.21. The largest absolute Gasteiger partial charge is 0.464 e. The van der Waals surface area contributed by atoms with E-state index in [1.54, 1.807) is 12.1 Å². The first-order valence-corrected chi connectivity index (χ1v) is 10.1. The summed E-state index contributed by atoms with van der Waals surface area (Å²) in [5.41, 5.74) is 3.90. The Morgan fingerprint density at radius 2 is 1.79 bits per heavy atom. The predicted octanol–water partition coefficient (Wildman–Crippen LogP) is 6.48. The standard InChI is InChI=1S/C22H15BrClFN2O/c23-15-5-10-21-18(11-15)20-12-19(13-3-8-17(25)9-4-13)26-27(20)22(28-21)14-1-6-16(24)7-2-14/h1-11,20,22H,12H2/t20-,22+/m1/s1. The van der Waals surface area contributed by atoms with Crippen LogP contribution in [-0.4, -0.2) is 10.7 Å². The molecule has 0 N–H and O–H groups in total. The summed E-state index contributed by atoms with van der Waals surface area (Å²) in [6.07, 6.45) is 0.372. The number of ether oxygens (including phenoxy) is 1. The van der Waals surface area contributed by atoms with E-state index in [4.69, 9.17) is 21.4 Å². The van der Waals surface area contributed by atoms with Crippen LogP contribution in [0.15, 0.2) is 76.3 Å². The Balaban J connectivity index is 1.59. The number of nitrogens with zero attached hydrogens (tertiary/aromatic N) is 2. The molecule has 0 aromatic heterocycles. The van der Waals surface area contributed by atoms with Gasteiger partial charge < -0.3 is 4.74 Å². The van der Waals surface area contributed by atoms with Gasteiger partial charge in [-0.2, -0.15) is 5.10 Å². The Labute approximate surface area is 175 Å². The van der Waals surface area contributed by atoms with Crippen LogP contribution in [0.25, 0.3) is 0 Å². The topological polar surface area (TPSA) is 24.8 Å². The van der Waals surface area contributed by atoms with Gasteiger partial charge in [-0.05, 0) is 48.0 Å². The fourth-order valence-corrected chi connectivity index (χ4v) is 4.23. The molecule has 0 saturated carbocycles. The summed E-state index contributed by atoms with van der Waals surface area (Å²) in [5.74, 6) is 0.594. The van der Waals surface area contributed by atoms with E-state index in [1.807, 2.05) is 41.4 Å². The van der Waals surface area contributed by atoms with E-state index in [0.29, 0.717) is 5.02 Å². The third kappa shape index (κ3) is 3.09. The lowest BCUT2D eigenvalue weighted by Gasteiger charge is -2.38. The van der Waals surface area contributed by atoms with Gasteiger partial charge in [0.25, 0.3) is 0 Å². The van der Waals surface area contributed by atoms with Gasteiger partial charge in [-0.3, -0.25) is 0 Å². The lowest BCUT2D eigenvalue weighted by molar-refractivity contribution is -0.0190. The molecule has 0 aliphatic carbocycles. The molecule has 0 fully saturated rings. The molecule has 2 aliphatic heterocycles. The van der Waals surface area contributed by atoms with E-state index < -0.39 is 0 Å². The Kier molecular flexibility index (Phi) is 4.37. The van der Waals surface area contributed by atoms with Gasteiger partial charge >= 0.3 is 0 Å². The van der Waals surface area contributed by atoms with Crippen molar-refractivity contribution < 1.29 is 9.13 Å². The van der Waals surface area contributed by atoms with Crippen LogP contribution in [0.1, 0.15) is 35.4 Å². The highest BCUT2D eigenvalue weighted by Crippen LogP contribution is 2.48. The van der Waals surface area contributed by atoms with Crippen molar-refractivity contribution in [2.75, 3.05) is 0 Å². The Morgan fingerprint density at radius 1 is 1.04 bits per heavy atom. The Hall–Kier alpha value is -2.37. The molecule has 140 valence electrons. The minimum Gasteiger partial charge on any atom is -0.464 e. The van der Waals surface area contributed by atoms with Crippen LogP contribution in [0, 0.1) is 5.82 Å². The average Bonchev–Trinajstić information content (AvgIpc) is 3.14. The normalized spacial score (nSPS) is 20.2. The first-order chi connectivity index (χ1) is 13.6. The summed E-state index contributed by atoms with van der Waals surface area (Å²) in [5, 5.41) is 7.55. The Morgan fingerprint density at radius 3 is 2.54 bits per heavy atom. The molecule has 0 spiro atoms. The average molecular weight is 458 g/mol. The molecule has 0 radical (unpaired) electrons. The number of hydrogen-bond acceptors (Lipinski definition) is 3. The van der Waals surface area contributed by atoms with E-state index in [0.717, 1.165) is 39.0 Å². The molecule has 0 amide bonds. The fraction of sp³-hybridized carbons (Fsp3) is 0.136. The van der Waals surface area contributed by atoms with E-state index in [-0.39, 0.29) is 18.1 Å². The van der Waals surface area contributed by atoms with Gasteiger partial charge in [0, 0.05) is 27.0 Å². The minimum atomic E-state index is -0.353. The fourth-order valence-electron chi connectivity index (χ4n) is 3.72. The maximum Gasteiger partial charge on any atom is 0.213 e. The monoisotopic (exact) mass is 456 g/mol. The third-order valence-electron chi connectivity index (χ3n) is 5.08. The number of hydrogen-bond donors (Lipinski definition) is 0. The number of halogens is 3. The highest BCUT2D eigenvalue weighted by atomic mass is 79.9. The van der Waals surface area contributed by atoms with Crippen LogP contribution < -0.4 is 4.74 Å². The number of fused-ring (bicyclic) bond motifs is 3. The van der Waals surface area contributed by atoms with E-state index in [1.165, 1.54) is 12.1 Å². The predicted molar refractivity (Wildman–Crippen MR) is 111 cm³/mol. The Bertz CT molecular complexity index is 1070. The van der Waals surface area contributed by atoms with Crippen molar-refractivity contribution in [1.29, 1.82) is 0 Å². The molecule has 0 unspecified atom stereocenters. The van der Waals surface area contributed by atoms with Gasteiger partial charge in [-0.25, -0.2) is 9.40 Å². The van der Waals surface area contributed by atoms with Gasteiger partial charge in [0.2, 0.25) is 6.23 Å². The first kappa shape index (κ1) is 17.7. The SMILES string of the molecule is Fc1ccc(C2=NN3[C@H](C2)c2cc(Br)ccc2O[C@H]3c2ccc(Cl)cc2)cc1. The zero-order valence-electron chi connectivity index (χ0n) is 14.6. The molecule has 3 aromatic rings. The second kappa shape index (κ2) is 6.90. The lowest BCUT2D eigenvalue weighted by Crippen LogP contribution is -2.33. The molecule has 6 heteroatoms. The molecule has 2 aliphatic rings. The summed E-state index contributed by atoms with van der Waals surface area (Å²) in [6.45, 7) is 0. The van der Waals surface area contributed by atoms with Crippen molar-refractivity contribution in [2.45, 2.75) is 18.7 Å². The highest BCUT2D eigenvalue weighted by molar-refractivity contribution is 9.10. The van der Waals surface area contributed by atoms with Crippen molar-refractivity contribution >= 4 is 33.2 Å². The molecule has 0 bridgehead atoms. The summed E-state index contributed by atoms with van der Waals surface area (Å²) in [7, 11) is 0.